The van der Waals surface area contributed by atoms with Gasteiger partial charge in [0.05, 0.1) is 28.8 Å². The Hall–Kier alpha value is -3.40. The first kappa shape index (κ1) is 20.3. The van der Waals surface area contributed by atoms with Gasteiger partial charge in [0.25, 0.3) is 0 Å². The third kappa shape index (κ3) is 5.32. The van der Waals surface area contributed by atoms with Crippen molar-refractivity contribution in [2.24, 2.45) is 0 Å². The number of para-hydroxylation sites is 1. The van der Waals surface area contributed by atoms with Crippen LogP contribution in [0.15, 0.2) is 54.7 Å². The van der Waals surface area contributed by atoms with Gasteiger partial charge in [0.1, 0.15) is 0 Å². The zero-order valence-corrected chi connectivity index (χ0v) is 15.1. The number of aliphatic hydroxyl groups excluding tert-OH is 1. The van der Waals surface area contributed by atoms with Gasteiger partial charge in [0.15, 0.2) is 0 Å². The second kappa shape index (κ2) is 8.74. The number of aromatic nitrogens is 3. The Morgan fingerprint density at radius 2 is 1.79 bits per heavy atom. The maximum Gasteiger partial charge on any atom is 0.418 e. The van der Waals surface area contributed by atoms with Gasteiger partial charge in [-0.05, 0) is 49.2 Å². The highest BCUT2D eigenvalue weighted by Gasteiger charge is 2.33. The summed E-state index contributed by atoms with van der Waals surface area (Å²) in [6, 6.07) is 10.5. The molecule has 7 nitrogen and oxygen atoms in total. The van der Waals surface area contributed by atoms with E-state index in [4.69, 9.17) is 5.11 Å². The minimum atomic E-state index is -4.57. The van der Waals surface area contributed by atoms with E-state index >= 15 is 0 Å². The number of nitrogens with zero attached hydrogens (tertiary/aromatic N) is 3. The quantitative estimate of drug-likeness (QED) is 0.581. The largest absolute Gasteiger partial charge is 0.418 e. The van der Waals surface area contributed by atoms with Crippen LogP contribution >= 0.6 is 0 Å². The summed E-state index contributed by atoms with van der Waals surface area (Å²) in [6.45, 7) is 0.0722. The molecule has 0 saturated carbocycles. The molecule has 0 bridgehead atoms. The van der Waals surface area contributed by atoms with Crippen LogP contribution in [0.5, 0.6) is 0 Å². The van der Waals surface area contributed by atoms with E-state index < -0.39 is 17.8 Å². The first-order valence-electron chi connectivity index (χ1n) is 8.73. The molecule has 0 aliphatic carbocycles. The van der Waals surface area contributed by atoms with Crippen molar-refractivity contribution in [3.8, 4) is 5.69 Å². The Kier molecular flexibility index (Phi) is 6.13. The predicted molar refractivity (Wildman–Crippen MR) is 101 cm³/mol. The number of carbonyl (C=O) groups excluding carboxylic acids is 1. The Bertz CT molecular complexity index is 970. The van der Waals surface area contributed by atoms with Crippen molar-refractivity contribution in [1.82, 2.24) is 15.0 Å². The van der Waals surface area contributed by atoms with Crippen LogP contribution in [0.3, 0.4) is 0 Å². The van der Waals surface area contributed by atoms with Gasteiger partial charge in [0.2, 0.25) is 0 Å². The highest BCUT2D eigenvalue weighted by Crippen LogP contribution is 2.34. The van der Waals surface area contributed by atoms with Gasteiger partial charge in [-0.2, -0.15) is 13.2 Å². The summed E-state index contributed by atoms with van der Waals surface area (Å²) in [5.74, 6) is 0. The molecular formula is C19H18F3N5O2. The number of benzene rings is 2. The van der Waals surface area contributed by atoms with Crippen LogP contribution in [-0.4, -0.2) is 32.7 Å². The van der Waals surface area contributed by atoms with Gasteiger partial charge < -0.3 is 15.7 Å². The number of anilines is 2. The van der Waals surface area contributed by atoms with Crippen molar-refractivity contribution in [1.29, 1.82) is 0 Å². The van der Waals surface area contributed by atoms with Gasteiger partial charge in [-0.15, -0.1) is 5.10 Å². The minimum absolute atomic E-state index is 0.0722. The number of hydrogen-bond acceptors (Lipinski definition) is 4. The smallest absolute Gasteiger partial charge is 0.396 e. The van der Waals surface area contributed by atoms with Crippen LogP contribution in [0.4, 0.5) is 29.3 Å². The van der Waals surface area contributed by atoms with Crippen LogP contribution in [0, 0.1) is 0 Å². The average molecular weight is 405 g/mol. The fraction of sp³-hybridized carbons (Fsp3) is 0.211. The molecule has 0 atom stereocenters. The molecule has 152 valence electrons. The van der Waals surface area contributed by atoms with E-state index in [2.05, 4.69) is 20.9 Å². The van der Waals surface area contributed by atoms with Crippen molar-refractivity contribution < 1.29 is 23.1 Å². The van der Waals surface area contributed by atoms with E-state index in [1.807, 2.05) is 0 Å². The van der Waals surface area contributed by atoms with Crippen molar-refractivity contribution in [2.75, 3.05) is 17.2 Å². The summed E-state index contributed by atoms with van der Waals surface area (Å²) < 4.78 is 40.6. The monoisotopic (exact) mass is 405 g/mol. The van der Waals surface area contributed by atoms with Crippen molar-refractivity contribution >= 4 is 17.4 Å². The summed E-state index contributed by atoms with van der Waals surface area (Å²) >= 11 is 0. The molecule has 2 aromatic carbocycles. The topological polar surface area (TPSA) is 92.1 Å². The maximum absolute atomic E-state index is 13.0. The molecule has 0 fully saturated rings. The van der Waals surface area contributed by atoms with Gasteiger partial charge in [0, 0.05) is 12.3 Å². The summed E-state index contributed by atoms with van der Waals surface area (Å²) in [5, 5.41) is 21.6. The SMILES string of the molecule is O=C(Nc1ccc(-n2cc(CCCO)nn2)cc1)Nc1ccccc1C(F)(F)F. The lowest BCUT2D eigenvalue weighted by Gasteiger charge is -2.14. The van der Waals surface area contributed by atoms with Crippen molar-refractivity contribution in [3.63, 3.8) is 0 Å². The Morgan fingerprint density at radius 1 is 1.07 bits per heavy atom. The first-order chi connectivity index (χ1) is 13.9. The molecule has 0 aliphatic rings. The second-order valence-electron chi connectivity index (χ2n) is 6.15. The number of aliphatic hydroxyl groups is 1. The third-order valence-corrected chi connectivity index (χ3v) is 4.00. The summed E-state index contributed by atoms with van der Waals surface area (Å²) in [6.07, 6.45) is -1.64. The molecule has 0 spiro atoms. The number of alkyl halides is 3. The molecule has 29 heavy (non-hydrogen) atoms. The number of halogens is 3. The number of amides is 2. The molecule has 3 rings (SSSR count). The lowest BCUT2D eigenvalue weighted by atomic mass is 10.1. The van der Waals surface area contributed by atoms with Crippen molar-refractivity contribution in [2.45, 2.75) is 19.0 Å². The number of urea groups is 1. The van der Waals surface area contributed by atoms with E-state index in [0.717, 1.165) is 11.8 Å². The molecule has 10 heteroatoms. The molecule has 0 saturated heterocycles. The highest BCUT2D eigenvalue weighted by molar-refractivity contribution is 6.00. The Morgan fingerprint density at radius 3 is 2.48 bits per heavy atom. The summed E-state index contributed by atoms with van der Waals surface area (Å²) in [5.41, 5.74) is 0.585. The van der Waals surface area contributed by atoms with Gasteiger partial charge in [-0.1, -0.05) is 17.3 Å². The number of rotatable bonds is 6. The van der Waals surface area contributed by atoms with Crippen molar-refractivity contribution in [3.05, 3.63) is 66.0 Å². The third-order valence-electron chi connectivity index (χ3n) is 4.00. The normalized spacial score (nSPS) is 11.3. The number of nitrogens with one attached hydrogen (secondary N) is 2. The second-order valence-corrected chi connectivity index (χ2v) is 6.15. The van der Waals surface area contributed by atoms with E-state index in [1.54, 1.807) is 35.1 Å². The van der Waals surface area contributed by atoms with Crippen LogP contribution < -0.4 is 10.6 Å². The zero-order chi connectivity index (χ0) is 20.9. The van der Waals surface area contributed by atoms with Gasteiger partial charge >= 0.3 is 12.2 Å². The Labute approximate surface area is 164 Å². The maximum atomic E-state index is 13.0. The number of hydrogen-bond donors (Lipinski definition) is 3. The number of aryl methyl sites for hydroxylation is 1. The summed E-state index contributed by atoms with van der Waals surface area (Å²) in [4.78, 5) is 12.1. The molecule has 1 heterocycles. The summed E-state index contributed by atoms with van der Waals surface area (Å²) in [7, 11) is 0. The average Bonchev–Trinajstić information content (AvgIpc) is 3.15. The molecule has 1 aromatic heterocycles. The van der Waals surface area contributed by atoms with E-state index in [-0.39, 0.29) is 12.3 Å². The lowest BCUT2D eigenvalue weighted by molar-refractivity contribution is -0.136. The van der Waals surface area contributed by atoms with E-state index in [9.17, 15) is 18.0 Å². The van der Waals surface area contributed by atoms with Gasteiger partial charge in [-0.25, -0.2) is 9.48 Å². The zero-order valence-electron chi connectivity index (χ0n) is 15.1. The lowest BCUT2D eigenvalue weighted by Crippen LogP contribution is -2.21. The van der Waals surface area contributed by atoms with Crippen LogP contribution in [0.25, 0.3) is 5.69 Å². The fourth-order valence-corrected chi connectivity index (χ4v) is 2.62. The standard InChI is InChI=1S/C19H18F3N5O2/c20-19(21,22)16-5-1-2-6-17(16)24-18(29)23-13-7-9-15(10-8-13)27-12-14(25-26-27)4-3-11-28/h1-2,5-10,12,28H,3-4,11H2,(H2,23,24,29). The number of carbonyl (C=O) groups is 1. The fourth-order valence-electron chi connectivity index (χ4n) is 2.62. The Balaban J connectivity index is 1.64. The van der Waals surface area contributed by atoms with E-state index in [1.165, 1.54) is 18.2 Å². The molecule has 2 amide bonds. The highest BCUT2D eigenvalue weighted by atomic mass is 19.4. The molecule has 0 unspecified atom stereocenters. The molecule has 0 aliphatic heterocycles. The van der Waals surface area contributed by atoms with E-state index in [0.29, 0.717) is 24.2 Å². The molecular weight excluding hydrogens is 387 g/mol. The van der Waals surface area contributed by atoms with Crippen LogP contribution in [-0.2, 0) is 12.6 Å². The van der Waals surface area contributed by atoms with Gasteiger partial charge in [-0.3, -0.25) is 0 Å². The van der Waals surface area contributed by atoms with Crippen LogP contribution in [0.2, 0.25) is 0 Å². The predicted octanol–water partition coefficient (Wildman–Crippen LogP) is 3.86. The minimum Gasteiger partial charge on any atom is -0.396 e. The first-order valence-corrected chi connectivity index (χ1v) is 8.73. The molecule has 0 radical (unpaired) electrons. The van der Waals surface area contributed by atoms with Crippen LogP contribution in [0.1, 0.15) is 17.7 Å². The molecule has 3 aromatic rings. The molecule has 3 N–H and O–H groups in total.